The maximum absolute atomic E-state index is 17.1. The molecular formula is C53H61F2N9O6. The molecule has 15 nitrogen and oxygen atoms in total. The number of aryl methyl sites for hydroxylation is 1. The number of aromatic nitrogens is 3. The van der Waals surface area contributed by atoms with Crippen LogP contribution in [-0.4, -0.2) is 141 Å². The zero-order chi connectivity index (χ0) is 48.5. The summed E-state index contributed by atoms with van der Waals surface area (Å²) in [6.07, 6.45) is 8.08. The molecule has 7 heterocycles. The van der Waals surface area contributed by atoms with Crippen LogP contribution in [0.3, 0.4) is 0 Å². The Balaban J connectivity index is 0.723. The van der Waals surface area contributed by atoms with E-state index in [9.17, 15) is 24.6 Å². The van der Waals surface area contributed by atoms with Crippen LogP contribution in [0.5, 0.6) is 11.8 Å². The third kappa shape index (κ3) is 9.00. The predicted octanol–water partition coefficient (Wildman–Crippen LogP) is 6.20. The standard InChI is InChI=1S/C53H61F2N9O6/c1-3-37-41(54)8-5-33-24-36(65)25-39(44(33)37)46-45(55)47-40(26-56-46)48(63-16-4-13-52(2,69)29-63)59-51(58-47)70-31-53(14-15-53)30-61-17-11-32(12-18-61)27-60-19-21-62(22-20-60)35-6-7-38-34(23-35)28-64(50(38)68)42-9-10-43(66)57-49(42)67/h5-8,23-26,32,42,65,69H,3-4,9-22,27-31H2,1-2H3,(H,57,66,67)/t42-,52-/m1/s1. The summed E-state index contributed by atoms with van der Waals surface area (Å²) in [4.78, 5) is 62.6. The first kappa shape index (κ1) is 46.3. The highest BCUT2D eigenvalue weighted by molar-refractivity contribution is 6.06. The number of aliphatic hydroxyl groups is 1. The first-order valence-electron chi connectivity index (χ1n) is 25.1. The molecule has 368 valence electrons. The number of benzene rings is 3. The molecule has 3 aromatic carbocycles. The lowest BCUT2D eigenvalue weighted by Gasteiger charge is -2.40. The van der Waals surface area contributed by atoms with Crippen LogP contribution in [0.15, 0.2) is 48.7 Å². The van der Waals surface area contributed by atoms with E-state index in [4.69, 9.17) is 9.72 Å². The average molecular weight is 958 g/mol. The molecule has 1 aliphatic carbocycles. The van der Waals surface area contributed by atoms with Crippen LogP contribution in [0.25, 0.3) is 32.9 Å². The number of rotatable bonds is 12. The van der Waals surface area contributed by atoms with Crippen molar-refractivity contribution in [2.45, 2.75) is 89.8 Å². The van der Waals surface area contributed by atoms with Crippen LogP contribution in [0, 0.1) is 23.0 Å². The number of likely N-dealkylation sites (tertiary alicyclic amines) is 1. The number of amides is 3. The van der Waals surface area contributed by atoms with Crippen molar-refractivity contribution in [2.75, 3.05) is 81.9 Å². The minimum Gasteiger partial charge on any atom is -0.508 e. The highest BCUT2D eigenvalue weighted by Gasteiger charge is 2.46. The van der Waals surface area contributed by atoms with Crippen molar-refractivity contribution in [3.8, 4) is 23.0 Å². The van der Waals surface area contributed by atoms with Crippen molar-refractivity contribution in [2.24, 2.45) is 11.3 Å². The van der Waals surface area contributed by atoms with E-state index >= 15 is 8.78 Å². The number of nitrogens with zero attached hydrogens (tertiary/aromatic N) is 8. The van der Waals surface area contributed by atoms with Crippen LogP contribution in [-0.2, 0) is 22.6 Å². The number of piperidine rings is 3. The van der Waals surface area contributed by atoms with Gasteiger partial charge in [0.05, 0.1) is 17.6 Å². The van der Waals surface area contributed by atoms with Gasteiger partial charge in [-0.1, -0.05) is 13.0 Å². The number of pyridine rings is 1. The molecule has 2 aromatic heterocycles. The van der Waals surface area contributed by atoms with Crippen molar-refractivity contribution >= 4 is 50.9 Å². The zero-order valence-electron chi connectivity index (χ0n) is 40.0. The molecule has 5 aliphatic heterocycles. The summed E-state index contributed by atoms with van der Waals surface area (Å²) >= 11 is 0. The zero-order valence-corrected chi connectivity index (χ0v) is 40.0. The third-order valence-electron chi connectivity index (χ3n) is 15.9. The van der Waals surface area contributed by atoms with Crippen LogP contribution < -0.4 is 19.9 Å². The lowest BCUT2D eigenvalue weighted by molar-refractivity contribution is -0.136. The molecule has 5 aromatic rings. The Labute approximate surface area is 405 Å². The van der Waals surface area contributed by atoms with Gasteiger partial charge in [0, 0.05) is 93.7 Å². The van der Waals surface area contributed by atoms with Gasteiger partial charge < -0.3 is 34.5 Å². The average Bonchev–Trinajstić information content (AvgIpc) is 4.04. The summed E-state index contributed by atoms with van der Waals surface area (Å²) in [6.45, 7) is 13.0. The monoisotopic (exact) mass is 957 g/mol. The number of carbonyl (C=O) groups excluding carboxylic acids is 3. The van der Waals surface area contributed by atoms with Gasteiger partial charge >= 0.3 is 6.01 Å². The smallest absolute Gasteiger partial charge is 0.319 e. The summed E-state index contributed by atoms with van der Waals surface area (Å²) < 4.78 is 38.8. The molecule has 17 heteroatoms. The molecule has 1 saturated carbocycles. The number of piperazine rings is 1. The molecule has 3 N–H and O–H groups in total. The number of halogens is 2. The Morgan fingerprint density at radius 3 is 2.43 bits per heavy atom. The lowest BCUT2D eigenvalue weighted by atomic mass is 9.94. The molecule has 6 aliphatic rings. The van der Waals surface area contributed by atoms with Crippen molar-refractivity contribution in [3.05, 3.63) is 77.0 Å². The fourth-order valence-electron chi connectivity index (χ4n) is 11.8. The SMILES string of the molecule is CCc1c(F)ccc2cc(O)cc(-c3ncc4c(N5CCC[C@@](C)(O)C5)nc(OCC5(CN6CCC(CN7CCN(c8ccc9c(c8)CN([C@@H]8CCC(=O)NC8=O)C9=O)CC7)CC6)CC5)nc4c3F)c12. The van der Waals surface area contributed by atoms with Gasteiger partial charge in [-0.3, -0.25) is 29.6 Å². The maximum Gasteiger partial charge on any atom is 0.319 e. The van der Waals surface area contributed by atoms with Crippen molar-refractivity contribution in [1.82, 2.24) is 35.0 Å². The van der Waals surface area contributed by atoms with E-state index in [0.717, 1.165) is 95.7 Å². The predicted molar refractivity (Wildman–Crippen MR) is 261 cm³/mol. The second-order valence-electron chi connectivity index (χ2n) is 21.0. The van der Waals surface area contributed by atoms with Gasteiger partial charge in [-0.25, -0.2) is 8.78 Å². The number of ether oxygens (including phenoxy) is 1. The molecule has 0 bridgehead atoms. The van der Waals surface area contributed by atoms with Crippen LogP contribution >= 0.6 is 0 Å². The van der Waals surface area contributed by atoms with Gasteiger partial charge in [-0.2, -0.15) is 9.97 Å². The fourth-order valence-corrected chi connectivity index (χ4v) is 11.8. The number of hydrogen-bond acceptors (Lipinski definition) is 13. The highest BCUT2D eigenvalue weighted by Crippen LogP contribution is 2.47. The van der Waals surface area contributed by atoms with Crippen molar-refractivity contribution in [1.29, 1.82) is 0 Å². The number of carbonyl (C=O) groups is 3. The van der Waals surface area contributed by atoms with E-state index in [2.05, 4.69) is 36.1 Å². The number of fused-ring (bicyclic) bond motifs is 3. The van der Waals surface area contributed by atoms with Gasteiger partial charge in [0.1, 0.15) is 34.6 Å². The number of phenolic OH excluding ortho intramolecular Hbond substituents is 1. The Morgan fingerprint density at radius 1 is 0.886 bits per heavy atom. The maximum atomic E-state index is 17.1. The van der Waals surface area contributed by atoms with E-state index in [0.29, 0.717) is 84.5 Å². The second kappa shape index (κ2) is 18.3. The molecule has 4 saturated heterocycles. The summed E-state index contributed by atoms with van der Waals surface area (Å²) in [5.41, 5.74) is 2.25. The van der Waals surface area contributed by atoms with E-state index in [1.165, 1.54) is 24.4 Å². The lowest BCUT2D eigenvalue weighted by Crippen LogP contribution is -2.52. The van der Waals surface area contributed by atoms with E-state index in [1.54, 1.807) is 17.9 Å². The molecule has 0 spiro atoms. The topological polar surface area (TPSA) is 168 Å². The second-order valence-corrected chi connectivity index (χ2v) is 21.0. The van der Waals surface area contributed by atoms with Gasteiger partial charge in [-0.05, 0) is 136 Å². The first-order valence-corrected chi connectivity index (χ1v) is 25.1. The minimum atomic E-state index is -0.967. The van der Waals surface area contributed by atoms with Gasteiger partial charge in [-0.15, -0.1) is 0 Å². The van der Waals surface area contributed by atoms with Crippen LogP contribution in [0.2, 0.25) is 0 Å². The largest absolute Gasteiger partial charge is 0.508 e. The number of nitrogens with one attached hydrogen (secondary N) is 1. The summed E-state index contributed by atoms with van der Waals surface area (Å²) in [5.74, 6) is -1.02. The first-order chi connectivity index (χ1) is 33.7. The molecule has 5 fully saturated rings. The van der Waals surface area contributed by atoms with Crippen LogP contribution in [0.4, 0.5) is 20.3 Å². The number of phenols is 1. The number of imide groups is 1. The quantitative estimate of drug-likeness (QED) is 0.121. The van der Waals surface area contributed by atoms with Gasteiger partial charge in [0.25, 0.3) is 5.91 Å². The Morgan fingerprint density at radius 2 is 1.69 bits per heavy atom. The number of aromatic hydroxyl groups is 1. The van der Waals surface area contributed by atoms with Crippen molar-refractivity contribution < 1.29 is 38.1 Å². The van der Waals surface area contributed by atoms with Crippen LogP contribution in [0.1, 0.15) is 86.7 Å². The summed E-state index contributed by atoms with van der Waals surface area (Å²) in [7, 11) is 0. The normalized spacial score (nSPS) is 23.4. The third-order valence-corrected chi connectivity index (χ3v) is 15.9. The molecule has 2 atom stereocenters. The fraction of sp³-hybridized carbons (Fsp3) is 0.509. The molecule has 0 unspecified atom stereocenters. The Hall–Kier alpha value is -6.04. The molecular weight excluding hydrogens is 897 g/mol. The number of anilines is 2. The van der Waals surface area contributed by atoms with E-state index < -0.39 is 29.2 Å². The van der Waals surface area contributed by atoms with Crippen molar-refractivity contribution in [3.63, 3.8) is 0 Å². The van der Waals surface area contributed by atoms with E-state index in [-0.39, 0.29) is 52.2 Å². The minimum absolute atomic E-state index is 0.00972. The van der Waals surface area contributed by atoms with E-state index in [1.807, 2.05) is 24.0 Å². The molecule has 3 amide bonds. The van der Waals surface area contributed by atoms with Gasteiger partial charge in [0.2, 0.25) is 11.8 Å². The Bertz CT molecular complexity index is 2900. The molecule has 0 radical (unpaired) electrons. The number of β-amino-alcohol motifs (C(OH)–C–C–N with tert-alkyl or cyclic N) is 1. The molecule has 11 rings (SSSR count). The van der Waals surface area contributed by atoms with Gasteiger partial charge in [0.15, 0.2) is 5.82 Å². The summed E-state index contributed by atoms with van der Waals surface area (Å²) in [6, 6.07) is 11.3. The Kier molecular flexibility index (Phi) is 12.1. The molecule has 70 heavy (non-hydrogen) atoms. The highest BCUT2D eigenvalue weighted by atomic mass is 19.1. The number of hydrogen-bond donors (Lipinski definition) is 3. The summed E-state index contributed by atoms with van der Waals surface area (Å²) in [5, 5.41) is 25.6.